The SMILES string of the molecule is Cc1ccc(CC(=O)Nc2ccc3nc(-c4ccccc4)c(CCCCC(=O)O)nc3c2)cc1Cl. The van der Waals surface area contributed by atoms with Crippen LogP contribution < -0.4 is 5.32 Å². The molecule has 0 aliphatic heterocycles. The predicted octanol–water partition coefficient (Wildman–Crippen LogP) is 6.24. The number of aliphatic carboxylic acids is 1. The van der Waals surface area contributed by atoms with Gasteiger partial charge in [0.05, 0.1) is 28.8 Å². The van der Waals surface area contributed by atoms with Gasteiger partial charge in [0.1, 0.15) is 0 Å². The second kappa shape index (κ2) is 11.1. The number of benzene rings is 3. The highest BCUT2D eigenvalue weighted by Crippen LogP contribution is 2.26. The molecule has 0 saturated heterocycles. The Kier molecular flexibility index (Phi) is 7.73. The molecule has 0 unspecified atom stereocenters. The Morgan fingerprint density at radius 1 is 0.943 bits per heavy atom. The average Bonchev–Trinajstić information content (AvgIpc) is 2.84. The quantitative estimate of drug-likeness (QED) is 0.273. The molecule has 35 heavy (non-hydrogen) atoms. The second-order valence-electron chi connectivity index (χ2n) is 8.50. The van der Waals surface area contributed by atoms with Crippen molar-refractivity contribution in [3.63, 3.8) is 0 Å². The molecule has 178 valence electrons. The first-order valence-electron chi connectivity index (χ1n) is 11.5. The van der Waals surface area contributed by atoms with Crippen LogP contribution in [0.5, 0.6) is 0 Å². The zero-order valence-electron chi connectivity index (χ0n) is 19.4. The first-order valence-corrected chi connectivity index (χ1v) is 11.9. The summed E-state index contributed by atoms with van der Waals surface area (Å²) < 4.78 is 0. The lowest BCUT2D eigenvalue weighted by molar-refractivity contribution is -0.137. The van der Waals surface area contributed by atoms with Crippen LogP contribution in [0.2, 0.25) is 5.02 Å². The Hall–Kier alpha value is -3.77. The van der Waals surface area contributed by atoms with Crippen molar-refractivity contribution < 1.29 is 14.7 Å². The van der Waals surface area contributed by atoms with Crippen LogP contribution in [0.15, 0.2) is 66.7 Å². The minimum absolute atomic E-state index is 0.129. The van der Waals surface area contributed by atoms with Crippen LogP contribution in [0.4, 0.5) is 5.69 Å². The van der Waals surface area contributed by atoms with Crippen molar-refractivity contribution in [3.8, 4) is 11.3 Å². The van der Waals surface area contributed by atoms with Crippen LogP contribution in [0.1, 0.15) is 36.1 Å². The number of carbonyl (C=O) groups excluding carboxylic acids is 1. The molecule has 0 radical (unpaired) electrons. The molecule has 1 amide bonds. The summed E-state index contributed by atoms with van der Waals surface area (Å²) in [7, 11) is 0. The molecule has 0 bridgehead atoms. The van der Waals surface area contributed by atoms with Gasteiger partial charge in [-0.2, -0.15) is 0 Å². The number of rotatable bonds is 9. The van der Waals surface area contributed by atoms with Crippen molar-refractivity contribution >= 4 is 40.2 Å². The highest BCUT2D eigenvalue weighted by Gasteiger charge is 2.13. The monoisotopic (exact) mass is 487 g/mol. The van der Waals surface area contributed by atoms with E-state index in [0.717, 1.165) is 33.6 Å². The maximum absolute atomic E-state index is 12.6. The van der Waals surface area contributed by atoms with Gasteiger partial charge >= 0.3 is 5.97 Å². The van der Waals surface area contributed by atoms with Gasteiger partial charge in [-0.3, -0.25) is 9.59 Å². The minimum atomic E-state index is -0.800. The molecule has 0 aliphatic rings. The molecular weight excluding hydrogens is 462 g/mol. The van der Waals surface area contributed by atoms with Crippen LogP contribution in [0.25, 0.3) is 22.3 Å². The molecule has 0 aliphatic carbocycles. The number of carboxylic acid groups (broad SMARTS) is 1. The largest absolute Gasteiger partial charge is 0.481 e. The molecule has 1 aromatic heterocycles. The van der Waals surface area contributed by atoms with E-state index in [1.165, 1.54) is 0 Å². The number of anilines is 1. The van der Waals surface area contributed by atoms with E-state index < -0.39 is 5.97 Å². The predicted molar refractivity (Wildman–Crippen MR) is 139 cm³/mol. The number of nitrogens with one attached hydrogen (secondary N) is 1. The number of aryl methyl sites for hydroxylation is 2. The van der Waals surface area contributed by atoms with Crippen LogP contribution in [0, 0.1) is 6.92 Å². The van der Waals surface area contributed by atoms with E-state index in [4.69, 9.17) is 26.7 Å². The van der Waals surface area contributed by atoms with E-state index in [1.807, 2.05) is 73.7 Å². The number of amides is 1. The summed E-state index contributed by atoms with van der Waals surface area (Å²) >= 11 is 6.18. The third-order valence-corrected chi connectivity index (χ3v) is 6.13. The lowest BCUT2D eigenvalue weighted by atomic mass is 10.0. The van der Waals surface area contributed by atoms with Gasteiger partial charge in [0.25, 0.3) is 0 Å². The van der Waals surface area contributed by atoms with Crippen molar-refractivity contribution in [3.05, 3.63) is 88.6 Å². The van der Waals surface area contributed by atoms with E-state index in [1.54, 1.807) is 0 Å². The van der Waals surface area contributed by atoms with Gasteiger partial charge < -0.3 is 10.4 Å². The van der Waals surface area contributed by atoms with Crippen molar-refractivity contribution in [2.24, 2.45) is 0 Å². The summed E-state index contributed by atoms with van der Waals surface area (Å²) in [6, 6.07) is 20.9. The van der Waals surface area contributed by atoms with E-state index in [0.29, 0.717) is 35.5 Å². The van der Waals surface area contributed by atoms with Crippen molar-refractivity contribution in [1.29, 1.82) is 0 Å². The van der Waals surface area contributed by atoms with Gasteiger partial charge in [0, 0.05) is 22.7 Å². The Morgan fingerprint density at radius 3 is 2.49 bits per heavy atom. The number of carboxylic acids is 1. The molecule has 4 aromatic rings. The number of unbranched alkanes of at least 4 members (excludes halogenated alkanes) is 1. The van der Waals surface area contributed by atoms with Crippen LogP contribution in [0.3, 0.4) is 0 Å². The fourth-order valence-corrected chi connectivity index (χ4v) is 4.08. The van der Waals surface area contributed by atoms with Crippen LogP contribution in [-0.4, -0.2) is 27.0 Å². The zero-order chi connectivity index (χ0) is 24.8. The highest BCUT2D eigenvalue weighted by atomic mass is 35.5. The number of halogens is 1. The standard InChI is InChI=1S/C28H26ClN3O3/c1-18-11-12-19(15-22(18)29)16-26(33)30-21-13-14-23-25(17-21)31-24(9-5-6-10-27(34)35)28(32-23)20-7-3-2-4-8-20/h2-4,7-8,11-15,17H,5-6,9-10,16H2,1H3,(H,30,33)(H,34,35). The number of hydrogen-bond donors (Lipinski definition) is 2. The number of hydrogen-bond acceptors (Lipinski definition) is 4. The lowest BCUT2D eigenvalue weighted by Gasteiger charge is -2.12. The molecule has 3 aromatic carbocycles. The molecule has 7 heteroatoms. The molecule has 6 nitrogen and oxygen atoms in total. The number of fused-ring (bicyclic) bond motifs is 1. The number of nitrogens with zero attached hydrogens (tertiary/aromatic N) is 2. The zero-order valence-corrected chi connectivity index (χ0v) is 20.2. The fraction of sp³-hybridized carbons (Fsp3) is 0.214. The first-order chi connectivity index (χ1) is 16.9. The fourth-order valence-electron chi connectivity index (χ4n) is 3.88. The van der Waals surface area contributed by atoms with Crippen molar-refractivity contribution in [1.82, 2.24) is 9.97 Å². The molecule has 1 heterocycles. The Labute approximate surface area is 209 Å². The Bertz CT molecular complexity index is 1370. The normalized spacial score (nSPS) is 10.9. The molecule has 2 N–H and O–H groups in total. The van der Waals surface area contributed by atoms with Gasteiger partial charge in [0.2, 0.25) is 5.91 Å². The summed E-state index contributed by atoms with van der Waals surface area (Å²) in [4.78, 5) is 33.2. The molecule has 0 spiro atoms. The topological polar surface area (TPSA) is 92.2 Å². The molecule has 0 fully saturated rings. The van der Waals surface area contributed by atoms with Gasteiger partial charge in [-0.1, -0.05) is 54.1 Å². The van der Waals surface area contributed by atoms with E-state index >= 15 is 0 Å². The summed E-state index contributed by atoms with van der Waals surface area (Å²) in [5.74, 6) is -0.946. The van der Waals surface area contributed by atoms with E-state index in [9.17, 15) is 9.59 Å². The molecule has 0 saturated carbocycles. The lowest BCUT2D eigenvalue weighted by Crippen LogP contribution is -2.14. The van der Waals surface area contributed by atoms with Crippen molar-refractivity contribution in [2.75, 3.05) is 5.32 Å². The Balaban J connectivity index is 1.57. The maximum Gasteiger partial charge on any atom is 0.303 e. The third kappa shape index (κ3) is 6.43. The van der Waals surface area contributed by atoms with Crippen LogP contribution in [-0.2, 0) is 22.4 Å². The van der Waals surface area contributed by atoms with Gasteiger partial charge in [-0.25, -0.2) is 9.97 Å². The van der Waals surface area contributed by atoms with Gasteiger partial charge in [-0.05, 0) is 61.6 Å². The van der Waals surface area contributed by atoms with E-state index in [-0.39, 0.29) is 18.7 Å². The maximum atomic E-state index is 12.6. The number of aromatic nitrogens is 2. The van der Waals surface area contributed by atoms with Crippen molar-refractivity contribution in [2.45, 2.75) is 39.0 Å². The summed E-state index contributed by atoms with van der Waals surface area (Å²) in [5.41, 5.74) is 6.42. The first kappa shape index (κ1) is 24.4. The summed E-state index contributed by atoms with van der Waals surface area (Å²) in [6.45, 7) is 1.92. The third-order valence-electron chi connectivity index (χ3n) is 5.72. The summed E-state index contributed by atoms with van der Waals surface area (Å²) in [6.07, 6.45) is 2.23. The molecule has 4 rings (SSSR count). The van der Waals surface area contributed by atoms with Gasteiger partial charge in [-0.15, -0.1) is 0 Å². The smallest absolute Gasteiger partial charge is 0.303 e. The molecule has 0 atom stereocenters. The van der Waals surface area contributed by atoms with Gasteiger partial charge in [0.15, 0.2) is 0 Å². The molecular formula is C28H26ClN3O3. The van der Waals surface area contributed by atoms with Crippen LogP contribution >= 0.6 is 11.6 Å². The second-order valence-corrected chi connectivity index (χ2v) is 8.90. The highest BCUT2D eigenvalue weighted by molar-refractivity contribution is 6.31. The number of carbonyl (C=O) groups is 2. The average molecular weight is 488 g/mol. The van der Waals surface area contributed by atoms with E-state index in [2.05, 4.69) is 5.32 Å². The Morgan fingerprint density at radius 2 is 1.74 bits per heavy atom. The minimum Gasteiger partial charge on any atom is -0.481 e. The summed E-state index contributed by atoms with van der Waals surface area (Å²) in [5, 5.41) is 12.5.